The number of nitrogens with zero attached hydrogens (tertiary/aromatic N) is 1. The molecule has 22 heavy (non-hydrogen) atoms. The van der Waals surface area contributed by atoms with Gasteiger partial charge >= 0.3 is 0 Å². The third kappa shape index (κ3) is 2.93. The van der Waals surface area contributed by atoms with E-state index in [2.05, 4.69) is 24.3 Å². The molecule has 0 fully saturated rings. The van der Waals surface area contributed by atoms with E-state index in [0.29, 0.717) is 10.7 Å². The smallest absolute Gasteiger partial charge is 0.153 e. The summed E-state index contributed by atoms with van der Waals surface area (Å²) in [4.78, 5) is 11.3. The molecule has 2 nitrogen and oxygen atoms in total. The van der Waals surface area contributed by atoms with E-state index >= 15 is 0 Å². The van der Waals surface area contributed by atoms with Crippen LogP contribution < -0.4 is 0 Å². The lowest BCUT2D eigenvalue weighted by molar-refractivity contribution is 0.112. The zero-order valence-corrected chi connectivity index (χ0v) is 13.1. The summed E-state index contributed by atoms with van der Waals surface area (Å²) in [7, 11) is 0. The van der Waals surface area contributed by atoms with Crippen LogP contribution >= 0.6 is 11.6 Å². The summed E-state index contributed by atoms with van der Waals surface area (Å²) >= 11 is 6.38. The van der Waals surface area contributed by atoms with Gasteiger partial charge in [0.05, 0.1) is 5.56 Å². The van der Waals surface area contributed by atoms with Crippen molar-refractivity contribution in [2.45, 2.75) is 25.8 Å². The van der Waals surface area contributed by atoms with Crippen molar-refractivity contribution in [2.24, 2.45) is 0 Å². The molecule has 2 aromatic carbocycles. The number of rotatable bonds is 6. The van der Waals surface area contributed by atoms with Gasteiger partial charge in [0.2, 0.25) is 0 Å². The van der Waals surface area contributed by atoms with Crippen molar-refractivity contribution < 1.29 is 4.79 Å². The van der Waals surface area contributed by atoms with Gasteiger partial charge in [-0.1, -0.05) is 60.1 Å². The van der Waals surface area contributed by atoms with E-state index in [1.54, 1.807) is 0 Å². The third-order valence-electron chi connectivity index (χ3n) is 4.00. The molecule has 0 aliphatic rings. The Morgan fingerprint density at radius 2 is 1.68 bits per heavy atom. The van der Waals surface area contributed by atoms with Crippen molar-refractivity contribution in [2.75, 3.05) is 0 Å². The first kappa shape index (κ1) is 14.9. The van der Waals surface area contributed by atoms with Gasteiger partial charge in [-0.15, -0.1) is 0 Å². The van der Waals surface area contributed by atoms with Gasteiger partial charge in [0.1, 0.15) is 5.15 Å². The number of aldehydes is 1. The van der Waals surface area contributed by atoms with E-state index in [0.717, 1.165) is 43.0 Å². The second-order valence-corrected chi connectivity index (χ2v) is 5.79. The molecule has 1 heterocycles. The minimum atomic E-state index is 0.552. The lowest BCUT2D eigenvalue weighted by Gasteiger charge is -2.07. The number of fused-ring (bicyclic) bond motifs is 1. The molecule has 0 saturated carbocycles. The van der Waals surface area contributed by atoms with Crippen molar-refractivity contribution in [3.63, 3.8) is 0 Å². The molecule has 0 bridgehead atoms. The first-order chi connectivity index (χ1) is 10.8. The molecule has 0 spiro atoms. The Labute approximate surface area is 135 Å². The Balaban J connectivity index is 1.71. The van der Waals surface area contributed by atoms with E-state index in [9.17, 15) is 4.79 Å². The molecule has 0 aliphatic carbocycles. The average molecular weight is 312 g/mol. The summed E-state index contributed by atoms with van der Waals surface area (Å²) in [5, 5.41) is 1.49. The average Bonchev–Trinajstić information content (AvgIpc) is 2.84. The first-order valence-electron chi connectivity index (χ1n) is 7.57. The third-order valence-corrected chi connectivity index (χ3v) is 4.41. The van der Waals surface area contributed by atoms with E-state index < -0.39 is 0 Å². The fourth-order valence-corrected chi connectivity index (χ4v) is 3.20. The van der Waals surface area contributed by atoms with E-state index in [1.165, 1.54) is 5.56 Å². The van der Waals surface area contributed by atoms with Gasteiger partial charge in [0.15, 0.2) is 6.29 Å². The van der Waals surface area contributed by atoms with Gasteiger partial charge in [-0.2, -0.15) is 0 Å². The quantitative estimate of drug-likeness (QED) is 0.457. The predicted molar refractivity (Wildman–Crippen MR) is 91.7 cm³/mol. The van der Waals surface area contributed by atoms with Gasteiger partial charge in [-0.25, -0.2) is 0 Å². The molecule has 0 radical (unpaired) electrons. The Kier molecular flexibility index (Phi) is 4.59. The van der Waals surface area contributed by atoms with Crippen molar-refractivity contribution in [1.82, 2.24) is 4.57 Å². The molecule has 112 valence electrons. The minimum Gasteiger partial charge on any atom is -0.331 e. The maximum absolute atomic E-state index is 11.3. The molecule has 0 saturated heterocycles. The monoisotopic (exact) mass is 311 g/mol. The van der Waals surface area contributed by atoms with Crippen molar-refractivity contribution in [3.8, 4) is 0 Å². The molecule has 0 amide bonds. The topological polar surface area (TPSA) is 22.0 Å². The number of para-hydroxylation sites is 1. The zero-order valence-electron chi connectivity index (χ0n) is 12.3. The van der Waals surface area contributed by atoms with Crippen LogP contribution in [0.15, 0.2) is 54.6 Å². The van der Waals surface area contributed by atoms with Crippen LogP contribution in [0.3, 0.4) is 0 Å². The summed E-state index contributed by atoms with van der Waals surface area (Å²) in [6.45, 7) is 0.833. The highest BCUT2D eigenvalue weighted by molar-refractivity contribution is 6.34. The highest BCUT2D eigenvalue weighted by atomic mass is 35.5. The molecular weight excluding hydrogens is 294 g/mol. The number of hydrogen-bond donors (Lipinski definition) is 0. The maximum Gasteiger partial charge on any atom is 0.153 e. The Bertz CT molecular complexity index is 777. The molecule has 0 aliphatic heterocycles. The van der Waals surface area contributed by atoms with Crippen molar-refractivity contribution in [1.29, 1.82) is 0 Å². The van der Waals surface area contributed by atoms with Gasteiger partial charge in [-0.05, 0) is 30.9 Å². The van der Waals surface area contributed by atoms with Gasteiger partial charge in [-0.3, -0.25) is 4.79 Å². The molecule has 0 N–H and O–H groups in total. The second kappa shape index (κ2) is 6.80. The van der Waals surface area contributed by atoms with Gasteiger partial charge < -0.3 is 4.57 Å². The van der Waals surface area contributed by atoms with Crippen molar-refractivity contribution in [3.05, 3.63) is 70.9 Å². The van der Waals surface area contributed by atoms with Gasteiger partial charge in [0, 0.05) is 17.4 Å². The molecular formula is C19H18ClNO. The number of hydrogen-bond acceptors (Lipinski definition) is 1. The summed E-state index contributed by atoms with van der Waals surface area (Å²) in [6, 6.07) is 18.4. The number of carbonyl (C=O) groups is 1. The number of benzene rings is 2. The SMILES string of the molecule is O=Cc1c(Cl)n(CCCCc2ccccc2)c2ccccc12. The molecule has 3 heteroatoms. The highest BCUT2D eigenvalue weighted by Crippen LogP contribution is 2.29. The lowest BCUT2D eigenvalue weighted by Crippen LogP contribution is -1.99. The molecule has 0 unspecified atom stereocenters. The summed E-state index contributed by atoms with van der Waals surface area (Å²) in [5.74, 6) is 0. The van der Waals surface area contributed by atoms with E-state index in [4.69, 9.17) is 11.6 Å². The Morgan fingerprint density at radius 1 is 0.955 bits per heavy atom. The predicted octanol–water partition coefficient (Wildman–Crippen LogP) is 5.13. The number of unbranched alkanes of at least 4 members (excludes halogenated alkanes) is 1. The van der Waals surface area contributed by atoms with Crippen LogP contribution in [0.2, 0.25) is 5.15 Å². The molecule has 1 aromatic heterocycles. The fourth-order valence-electron chi connectivity index (χ4n) is 2.87. The first-order valence-corrected chi connectivity index (χ1v) is 7.95. The molecule has 3 aromatic rings. The summed E-state index contributed by atoms with van der Waals surface area (Å²) in [6.07, 6.45) is 4.05. The maximum atomic E-state index is 11.3. The molecule has 0 atom stereocenters. The van der Waals surface area contributed by atoms with Crippen LogP contribution in [0.1, 0.15) is 28.8 Å². The zero-order chi connectivity index (χ0) is 15.4. The van der Waals surface area contributed by atoms with Crippen LogP contribution in [0, 0.1) is 0 Å². The Hall–Kier alpha value is -2.06. The number of aryl methyl sites for hydroxylation is 2. The lowest BCUT2D eigenvalue weighted by atomic mass is 10.1. The number of halogens is 1. The summed E-state index contributed by atoms with van der Waals surface area (Å²) < 4.78 is 2.05. The van der Waals surface area contributed by atoms with Crippen LogP contribution in [0.5, 0.6) is 0 Å². The molecule has 3 rings (SSSR count). The van der Waals surface area contributed by atoms with Crippen LogP contribution in [-0.2, 0) is 13.0 Å². The van der Waals surface area contributed by atoms with Crippen LogP contribution in [0.4, 0.5) is 0 Å². The Morgan fingerprint density at radius 3 is 2.45 bits per heavy atom. The van der Waals surface area contributed by atoms with Gasteiger partial charge in [0.25, 0.3) is 0 Å². The van der Waals surface area contributed by atoms with Crippen molar-refractivity contribution >= 4 is 28.8 Å². The van der Waals surface area contributed by atoms with E-state index in [1.807, 2.05) is 34.9 Å². The number of carbonyl (C=O) groups excluding carboxylic acids is 1. The fraction of sp³-hybridized carbons (Fsp3) is 0.211. The summed E-state index contributed by atoms with van der Waals surface area (Å²) in [5.41, 5.74) is 2.99. The van der Waals surface area contributed by atoms with Crippen LogP contribution in [0.25, 0.3) is 10.9 Å². The van der Waals surface area contributed by atoms with E-state index in [-0.39, 0.29) is 0 Å². The largest absolute Gasteiger partial charge is 0.331 e. The minimum absolute atomic E-state index is 0.552. The normalized spacial score (nSPS) is 11.0. The van der Waals surface area contributed by atoms with Crippen LogP contribution in [-0.4, -0.2) is 10.9 Å². The number of aromatic nitrogens is 1. The standard InChI is InChI=1S/C19H18ClNO/c20-19-17(14-22)16-11-4-5-12-18(16)21(19)13-7-6-10-15-8-2-1-3-9-15/h1-5,8-9,11-12,14H,6-7,10,13H2. The highest BCUT2D eigenvalue weighted by Gasteiger charge is 2.14. The second-order valence-electron chi connectivity index (χ2n) is 5.43.